The van der Waals surface area contributed by atoms with Crippen LogP contribution in [-0.4, -0.2) is 42.0 Å². The van der Waals surface area contributed by atoms with Gasteiger partial charge in [0.15, 0.2) is 5.69 Å². The third-order valence-electron chi connectivity index (χ3n) is 4.86. The first-order valence-electron chi connectivity index (χ1n) is 9.40. The number of hydrogen-bond acceptors (Lipinski definition) is 5. The van der Waals surface area contributed by atoms with Gasteiger partial charge in [-0.2, -0.15) is 0 Å². The molecule has 2 N–H and O–H groups in total. The molecule has 8 nitrogen and oxygen atoms in total. The fourth-order valence-electron chi connectivity index (χ4n) is 3.09. The van der Waals surface area contributed by atoms with E-state index in [-0.39, 0.29) is 18.5 Å². The molecule has 150 valence electrons. The first-order chi connectivity index (χ1) is 13.5. The molecule has 1 fully saturated rings. The molecule has 1 aliphatic heterocycles. The minimum atomic E-state index is -0.390. The van der Waals surface area contributed by atoms with Crippen LogP contribution in [0, 0.1) is 12.8 Å². The topological polar surface area (TPSA) is 96.7 Å². The van der Waals surface area contributed by atoms with Crippen LogP contribution in [0.1, 0.15) is 41.9 Å². The second kappa shape index (κ2) is 8.77. The Bertz CT molecular complexity index is 823. The van der Waals surface area contributed by atoms with Crippen molar-refractivity contribution in [2.24, 2.45) is 5.92 Å². The van der Waals surface area contributed by atoms with Gasteiger partial charge in [0.1, 0.15) is 11.5 Å². The number of carbonyl (C=O) groups is 2. The number of nitrogens with zero attached hydrogens (tertiary/aromatic N) is 2. The summed E-state index contributed by atoms with van der Waals surface area (Å²) in [6.45, 7) is 5.49. The maximum Gasteiger partial charge on any atom is 0.319 e. The van der Waals surface area contributed by atoms with Crippen molar-refractivity contribution in [2.75, 3.05) is 25.5 Å². The smallest absolute Gasteiger partial charge is 0.319 e. The van der Waals surface area contributed by atoms with Crippen LogP contribution < -0.4 is 15.4 Å². The van der Waals surface area contributed by atoms with Crippen LogP contribution in [0.25, 0.3) is 0 Å². The lowest BCUT2D eigenvalue weighted by atomic mass is 9.99. The van der Waals surface area contributed by atoms with E-state index in [1.807, 2.05) is 4.90 Å². The number of anilines is 1. The van der Waals surface area contributed by atoms with E-state index in [0.717, 1.165) is 25.9 Å². The van der Waals surface area contributed by atoms with Crippen molar-refractivity contribution < 1.29 is 18.7 Å². The largest absolute Gasteiger partial charge is 0.497 e. The maximum atomic E-state index is 12.7. The third-order valence-corrected chi connectivity index (χ3v) is 4.86. The van der Waals surface area contributed by atoms with Crippen molar-refractivity contribution >= 4 is 17.6 Å². The average molecular weight is 386 g/mol. The Balaban J connectivity index is 1.54. The quantitative estimate of drug-likeness (QED) is 0.823. The minimum Gasteiger partial charge on any atom is -0.497 e. The molecule has 1 aromatic carbocycles. The lowest BCUT2D eigenvalue weighted by Gasteiger charge is -2.29. The second-order valence-corrected chi connectivity index (χ2v) is 7.02. The van der Waals surface area contributed by atoms with Crippen molar-refractivity contribution in [1.29, 1.82) is 0 Å². The highest BCUT2D eigenvalue weighted by molar-refractivity contribution is 5.93. The number of hydrogen-bond donors (Lipinski definition) is 2. The lowest BCUT2D eigenvalue weighted by Crippen LogP contribution is -2.38. The molecule has 28 heavy (non-hydrogen) atoms. The molecule has 0 atom stereocenters. The van der Waals surface area contributed by atoms with Crippen LogP contribution >= 0.6 is 0 Å². The predicted octanol–water partition coefficient (Wildman–Crippen LogP) is 3.19. The van der Waals surface area contributed by atoms with Gasteiger partial charge in [0.05, 0.1) is 13.7 Å². The molecule has 2 heterocycles. The van der Waals surface area contributed by atoms with Crippen molar-refractivity contribution in [3.63, 3.8) is 0 Å². The predicted molar refractivity (Wildman–Crippen MR) is 104 cm³/mol. The fraction of sp³-hybridized carbons (Fsp3) is 0.450. The van der Waals surface area contributed by atoms with Gasteiger partial charge in [-0.15, -0.1) is 0 Å². The molecule has 1 aromatic heterocycles. The second-order valence-electron chi connectivity index (χ2n) is 7.02. The summed E-state index contributed by atoms with van der Waals surface area (Å²) in [5, 5.41) is 5.39. The number of methoxy groups -OCH3 is 1. The Morgan fingerprint density at radius 1 is 1.25 bits per heavy atom. The van der Waals surface area contributed by atoms with Crippen LogP contribution in [-0.2, 0) is 6.54 Å². The molecular weight excluding hydrogens is 360 g/mol. The monoisotopic (exact) mass is 386 g/mol. The molecule has 8 heteroatoms. The number of piperidine rings is 1. The number of aromatic nitrogens is 1. The number of ether oxygens (including phenoxy) is 1. The summed E-state index contributed by atoms with van der Waals surface area (Å²) in [5.41, 5.74) is 0.957. The van der Waals surface area contributed by atoms with Crippen molar-refractivity contribution in [3.8, 4) is 5.75 Å². The van der Waals surface area contributed by atoms with E-state index >= 15 is 0 Å². The van der Waals surface area contributed by atoms with E-state index in [1.54, 1.807) is 38.3 Å². The number of rotatable bonds is 5. The molecule has 1 saturated heterocycles. The van der Waals surface area contributed by atoms with Gasteiger partial charge >= 0.3 is 6.03 Å². The summed E-state index contributed by atoms with van der Waals surface area (Å²) >= 11 is 0. The zero-order valence-corrected chi connectivity index (χ0v) is 16.4. The van der Waals surface area contributed by atoms with Gasteiger partial charge in [-0.25, -0.2) is 9.78 Å². The van der Waals surface area contributed by atoms with Gasteiger partial charge < -0.3 is 24.7 Å². The average Bonchev–Trinajstić information content (AvgIpc) is 3.07. The highest BCUT2D eigenvalue weighted by Crippen LogP contribution is 2.20. The molecule has 1 aliphatic rings. The molecule has 2 aromatic rings. The van der Waals surface area contributed by atoms with Crippen molar-refractivity contribution in [2.45, 2.75) is 33.2 Å². The number of likely N-dealkylation sites (tertiary alicyclic amines) is 1. The summed E-state index contributed by atoms with van der Waals surface area (Å²) in [7, 11) is 1.58. The number of carbonyl (C=O) groups excluding carboxylic acids is 2. The molecule has 0 radical (unpaired) electrons. The van der Waals surface area contributed by atoms with E-state index < -0.39 is 0 Å². The van der Waals surface area contributed by atoms with E-state index in [4.69, 9.17) is 9.15 Å². The molecule has 0 saturated carbocycles. The van der Waals surface area contributed by atoms with Gasteiger partial charge in [0.2, 0.25) is 5.89 Å². The lowest BCUT2D eigenvalue weighted by molar-refractivity contribution is 0.0690. The minimum absolute atomic E-state index is 0.0904. The van der Waals surface area contributed by atoms with E-state index in [9.17, 15) is 9.59 Å². The summed E-state index contributed by atoms with van der Waals surface area (Å²) in [6, 6.07) is 6.60. The zero-order valence-electron chi connectivity index (χ0n) is 16.4. The molecule has 0 spiro atoms. The highest BCUT2D eigenvalue weighted by atomic mass is 16.5. The van der Waals surface area contributed by atoms with Crippen LogP contribution in [0.5, 0.6) is 5.75 Å². The van der Waals surface area contributed by atoms with E-state index in [1.165, 1.54) is 0 Å². The number of amides is 3. The number of aryl methyl sites for hydroxylation is 1. The third kappa shape index (κ3) is 4.82. The van der Waals surface area contributed by atoms with Crippen molar-refractivity contribution in [1.82, 2.24) is 15.2 Å². The van der Waals surface area contributed by atoms with Gasteiger partial charge in [0, 0.05) is 18.8 Å². The van der Waals surface area contributed by atoms with Crippen LogP contribution in [0.4, 0.5) is 10.5 Å². The fourth-order valence-corrected chi connectivity index (χ4v) is 3.09. The van der Waals surface area contributed by atoms with Crippen LogP contribution in [0.3, 0.4) is 0 Å². The molecule has 3 rings (SSSR count). The molecule has 3 amide bonds. The number of oxazole rings is 1. The van der Waals surface area contributed by atoms with Crippen LogP contribution in [0.15, 0.2) is 28.7 Å². The number of benzene rings is 1. The Labute approximate surface area is 164 Å². The maximum absolute atomic E-state index is 12.7. The standard InChI is InChI=1S/C20H26N4O4/c1-13-8-10-24(11-9-13)19(25)18-14(2)28-17(23-18)12-21-20(26)22-15-4-6-16(27-3)7-5-15/h4-7,13H,8-12H2,1-3H3,(H2,21,22,26). The normalized spacial score (nSPS) is 14.6. The Kier molecular flexibility index (Phi) is 6.18. The summed E-state index contributed by atoms with van der Waals surface area (Å²) in [4.78, 5) is 30.8. The SMILES string of the molecule is COc1ccc(NC(=O)NCc2nc(C(=O)N3CCC(C)CC3)c(C)o2)cc1. The molecular formula is C20H26N4O4. The Morgan fingerprint density at radius 2 is 1.93 bits per heavy atom. The molecule has 0 unspecified atom stereocenters. The number of nitrogens with one attached hydrogen (secondary N) is 2. The Morgan fingerprint density at radius 3 is 2.57 bits per heavy atom. The first-order valence-corrected chi connectivity index (χ1v) is 9.40. The van der Waals surface area contributed by atoms with Gasteiger partial charge in [-0.05, 0) is 49.9 Å². The first kappa shape index (κ1) is 19.7. The van der Waals surface area contributed by atoms with Crippen LogP contribution in [0.2, 0.25) is 0 Å². The van der Waals surface area contributed by atoms with Gasteiger partial charge in [0.25, 0.3) is 5.91 Å². The Hall–Kier alpha value is -3.03. The zero-order chi connectivity index (χ0) is 20.1. The van der Waals surface area contributed by atoms with Crippen molar-refractivity contribution in [3.05, 3.63) is 41.6 Å². The molecule has 0 bridgehead atoms. The van der Waals surface area contributed by atoms with E-state index in [0.29, 0.717) is 34.7 Å². The number of urea groups is 1. The highest BCUT2D eigenvalue weighted by Gasteiger charge is 2.26. The summed E-state index contributed by atoms with van der Waals surface area (Å²) in [5.74, 6) is 2.02. The van der Waals surface area contributed by atoms with Gasteiger partial charge in [-0.1, -0.05) is 6.92 Å². The molecule has 0 aliphatic carbocycles. The summed E-state index contributed by atoms with van der Waals surface area (Å²) < 4.78 is 10.6. The van der Waals surface area contributed by atoms with E-state index in [2.05, 4.69) is 22.5 Å². The van der Waals surface area contributed by atoms with Gasteiger partial charge in [-0.3, -0.25) is 4.79 Å². The summed E-state index contributed by atoms with van der Waals surface area (Å²) in [6.07, 6.45) is 2.01.